The average molecular weight is 335 g/mol. The number of hydrogen-bond donors (Lipinski definition) is 2. The fraction of sp³-hybridized carbons (Fsp3) is 0.533. The van der Waals surface area contributed by atoms with Crippen molar-refractivity contribution < 1.29 is 18.3 Å². The molecular formula is C15H21ClF2N2O2. The number of rotatable bonds is 4. The van der Waals surface area contributed by atoms with Gasteiger partial charge in [-0.25, -0.2) is 13.6 Å². The maximum atomic E-state index is 14.1. The van der Waals surface area contributed by atoms with Crippen LogP contribution in [0.1, 0.15) is 33.3 Å². The Kier molecular flexibility index (Phi) is 5.76. The number of benzene rings is 1. The molecule has 3 N–H and O–H groups in total. The monoisotopic (exact) mass is 334 g/mol. The molecule has 1 atom stereocenters. The zero-order chi connectivity index (χ0) is 17.1. The van der Waals surface area contributed by atoms with Gasteiger partial charge in [0, 0.05) is 18.5 Å². The summed E-state index contributed by atoms with van der Waals surface area (Å²) in [6.07, 6.45) is -0.651. The molecule has 0 bridgehead atoms. The molecule has 0 aromatic heterocycles. The maximum absolute atomic E-state index is 14.1. The average Bonchev–Trinajstić information content (AvgIpc) is 2.38. The number of carbonyl (C=O) groups is 1. The van der Waals surface area contributed by atoms with E-state index in [1.54, 1.807) is 27.7 Å². The first-order valence-corrected chi connectivity index (χ1v) is 7.18. The second-order valence-electron chi connectivity index (χ2n) is 6.37. The summed E-state index contributed by atoms with van der Waals surface area (Å²) in [6, 6.07) is 1.90. The molecule has 0 aliphatic rings. The summed E-state index contributed by atoms with van der Waals surface area (Å²) < 4.78 is 32.8. The summed E-state index contributed by atoms with van der Waals surface area (Å²) in [5.74, 6) is -1.42. The third kappa shape index (κ3) is 4.81. The Morgan fingerprint density at radius 2 is 1.86 bits per heavy atom. The Morgan fingerprint density at radius 3 is 2.36 bits per heavy atom. The number of alkyl carbamates (subject to hydrolysis) is 1. The molecule has 22 heavy (non-hydrogen) atoms. The molecule has 1 unspecified atom stereocenters. The smallest absolute Gasteiger partial charge is 0.407 e. The van der Waals surface area contributed by atoms with Gasteiger partial charge in [0.1, 0.15) is 17.2 Å². The van der Waals surface area contributed by atoms with E-state index in [-0.39, 0.29) is 23.7 Å². The van der Waals surface area contributed by atoms with Crippen LogP contribution in [0.3, 0.4) is 0 Å². The summed E-state index contributed by atoms with van der Waals surface area (Å²) in [4.78, 5) is 11.7. The molecule has 4 nitrogen and oxygen atoms in total. The lowest BCUT2D eigenvalue weighted by molar-refractivity contribution is 0.0516. The van der Waals surface area contributed by atoms with E-state index in [2.05, 4.69) is 5.32 Å². The molecular weight excluding hydrogens is 314 g/mol. The Hall–Kier alpha value is -1.40. The summed E-state index contributed by atoms with van der Waals surface area (Å²) >= 11 is 5.54. The van der Waals surface area contributed by atoms with Gasteiger partial charge < -0.3 is 15.8 Å². The van der Waals surface area contributed by atoms with Crippen molar-refractivity contribution in [2.45, 2.75) is 38.7 Å². The topological polar surface area (TPSA) is 64.3 Å². The van der Waals surface area contributed by atoms with Crippen molar-refractivity contribution >= 4 is 17.7 Å². The largest absolute Gasteiger partial charge is 0.444 e. The maximum Gasteiger partial charge on any atom is 0.407 e. The van der Waals surface area contributed by atoms with Gasteiger partial charge in [-0.2, -0.15) is 0 Å². The Balaban J connectivity index is 2.93. The van der Waals surface area contributed by atoms with Gasteiger partial charge in [0.25, 0.3) is 0 Å². The van der Waals surface area contributed by atoms with Gasteiger partial charge in [0.15, 0.2) is 0 Å². The van der Waals surface area contributed by atoms with Crippen molar-refractivity contribution in [2.75, 3.05) is 13.1 Å². The van der Waals surface area contributed by atoms with E-state index in [1.807, 2.05) is 0 Å². The summed E-state index contributed by atoms with van der Waals surface area (Å²) in [5, 5.41) is 2.22. The highest BCUT2D eigenvalue weighted by Crippen LogP contribution is 2.29. The first-order valence-electron chi connectivity index (χ1n) is 6.80. The van der Waals surface area contributed by atoms with E-state index < -0.39 is 28.7 Å². The quantitative estimate of drug-likeness (QED) is 0.830. The highest BCUT2D eigenvalue weighted by atomic mass is 35.5. The number of carbonyl (C=O) groups excluding carboxylic acids is 1. The molecule has 7 heteroatoms. The van der Waals surface area contributed by atoms with Crippen LogP contribution in [-0.2, 0) is 10.2 Å². The first-order chi connectivity index (χ1) is 9.98. The van der Waals surface area contributed by atoms with Crippen molar-refractivity contribution in [3.63, 3.8) is 0 Å². The van der Waals surface area contributed by atoms with Crippen molar-refractivity contribution in [1.82, 2.24) is 5.32 Å². The summed E-state index contributed by atoms with van der Waals surface area (Å²) in [6.45, 7) is 6.79. The van der Waals surface area contributed by atoms with Crippen molar-refractivity contribution in [1.29, 1.82) is 0 Å². The van der Waals surface area contributed by atoms with Crippen LogP contribution in [0.25, 0.3) is 0 Å². The summed E-state index contributed by atoms with van der Waals surface area (Å²) in [7, 11) is 0. The zero-order valence-electron chi connectivity index (χ0n) is 13.1. The molecule has 0 spiro atoms. The number of nitrogens with one attached hydrogen (secondary N) is 1. The predicted octanol–water partition coefficient (Wildman–Crippen LogP) is 3.36. The van der Waals surface area contributed by atoms with Gasteiger partial charge in [-0.15, -0.1) is 0 Å². The molecule has 1 rings (SSSR count). The lowest BCUT2D eigenvalue weighted by Crippen LogP contribution is -2.45. The lowest BCUT2D eigenvalue weighted by atomic mass is 9.82. The van der Waals surface area contributed by atoms with Gasteiger partial charge in [0.2, 0.25) is 0 Å². The van der Waals surface area contributed by atoms with Crippen LogP contribution in [0.5, 0.6) is 0 Å². The van der Waals surface area contributed by atoms with Crippen LogP contribution in [0, 0.1) is 11.6 Å². The standard InChI is InChI=1S/C15H21ClF2N2O2/c1-14(2,3)22-13(21)20-8-15(4,7-19)9-5-12(18)10(16)6-11(9)17/h5-6H,7-8,19H2,1-4H3,(H,20,21). The van der Waals surface area contributed by atoms with E-state index in [4.69, 9.17) is 22.1 Å². The molecule has 0 fully saturated rings. The molecule has 1 aromatic carbocycles. The van der Waals surface area contributed by atoms with Gasteiger partial charge in [-0.05, 0) is 38.5 Å². The van der Waals surface area contributed by atoms with E-state index in [9.17, 15) is 13.6 Å². The molecule has 0 saturated carbocycles. The zero-order valence-corrected chi connectivity index (χ0v) is 13.9. The number of halogens is 3. The van der Waals surface area contributed by atoms with E-state index in [0.717, 1.165) is 12.1 Å². The van der Waals surface area contributed by atoms with Crippen LogP contribution in [0.4, 0.5) is 13.6 Å². The van der Waals surface area contributed by atoms with Crippen molar-refractivity contribution in [3.8, 4) is 0 Å². The van der Waals surface area contributed by atoms with E-state index in [0.29, 0.717) is 0 Å². The highest BCUT2D eigenvalue weighted by molar-refractivity contribution is 6.30. The number of hydrogen-bond acceptors (Lipinski definition) is 3. The van der Waals surface area contributed by atoms with Crippen LogP contribution in [0.2, 0.25) is 5.02 Å². The minimum Gasteiger partial charge on any atom is -0.444 e. The third-order valence-corrected chi connectivity index (χ3v) is 3.42. The van der Waals surface area contributed by atoms with Crippen molar-refractivity contribution in [2.24, 2.45) is 5.73 Å². The Morgan fingerprint density at radius 1 is 1.27 bits per heavy atom. The van der Waals surface area contributed by atoms with E-state index in [1.165, 1.54) is 0 Å². The Bertz CT molecular complexity index is 561. The molecule has 1 amide bonds. The first kappa shape index (κ1) is 18.6. The molecule has 0 radical (unpaired) electrons. The van der Waals surface area contributed by atoms with Crippen LogP contribution in [-0.4, -0.2) is 24.8 Å². The SMILES string of the molecule is CC(C)(C)OC(=O)NCC(C)(CN)c1cc(F)c(Cl)cc1F. The number of ether oxygens (including phenoxy) is 1. The van der Waals surface area contributed by atoms with Crippen LogP contribution in [0.15, 0.2) is 12.1 Å². The van der Waals surface area contributed by atoms with Gasteiger partial charge in [-0.1, -0.05) is 18.5 Å². The molecule has 0 heterocycles. The van der Waals surface area contributed by atoms with Crippen LogP contribution < -0.4 is 11.1 Å². The highest BCUT2D eigenvalue weighted by Gasteiger charge is 2.30. The lowest BCUT2D eigenvalue weighted by Gasteiger charge is -2.30. The predicted molar refractivity (Wildman–Crippen MR) is 82.0 cm³/mol. The second-order valence-corrected chi connectivity index (χ2v) is 6.77. The molecule has 0 aliphatic heterocycles. The Labute approximate surface area is 134 Å². The second kappa shape index (κ2) is 6.79. The third-order valence-electron chi connectivity index (χ3n) is 3.13. The fourth-order valence-corrected chi connectivity index (χ4v) is 1.99. The minimum absolute atomic E-state index is 0.000784. The van der Waals surface area contributed by atoms with Gasteiger partial charge in [0.05, 0.1) is 5.02 Å². The van der Waals surface area contributed by atoms with Crippen molar-refractivity contribution in [3.05, 3.63) is 34.4 Å². The van der Waals surface area contributed by atoms with Gasteiger partial charge in [-0.3, -0.25) is 0 Å². The van der Waals surface area contributed by atoms with E-state index >= 15 is 0 Å². The number of nitrogens with two attached hydrogens (primary N) is 1. The summed E-state index contributed by atoms with van der Waals surface area (Å²) in [5.41, 5.74) is 4.10. The van der Waals surface area contributed by atoms with Crippen LogP contribution >= 0.6 is 11.6 Å². The fourth-order valence-electron chi connectivity index (χ4n) is 1.84. The minimum atomic E-state index is -0.994. The molecule has 0 saturated heterocycles. The molecule has 124 valence electrons. The number of amides is 1. The normalized spacial score (nSPS) is 14.4. The van der Waals surface area contributed by atoms with Gasteiger partial charge >= 0.3 is 6.09 Å². The molecule has 0 aliphatic carbocycles. The molecule has 1 aromatic rings.